The summed E-state index contributed by atoms with van der Waals surface area (Å²) in [6.07, 6.45) is 90.2. The third-order valence-electron chi connectivity index (χ3n) is 14.6. The third kappa shape index (κ3) is 64.5. The SMILES string of the molecule is CC/C=C\C/C=C\C/C=C\C/C=C\C/C=C\C/C=C\CCCCCCC(=O)NC(COP(=O)(O)OCC[N+](C)(C)C)C(/C=C/CCCCCCCCCCCCC)OC(=O)CCCCCCCCC/C=C\C/C=C\C/C=C\C/C=C\CCCCC. The molecule has 0 saturated carbocycles. The normalized spacial score (nSPS) is 14.4. The lowest BCUT2D eigenvalue weighted by molar-refractivity contribution is -0.870. The molecule has 0 saturated heterocycles. The van der Waals surface area contributed by atoms with Crippen molar-refractivity contribution in [3.8, 4) is 0 Å². The summed E-state index contributed by atoms with van der Waals surface area (Å²) in [5, 5.41) is 3.05. The van der Waals surface area contributed by atoms with Gasteiger partial charge in [0.1, 0.15) is 19.3 Å². The van der Waals surface area contributed by atoms with E-state index in [9.17, 15) is 19.0 Å². The molecule has 0 spiro atoms. The largest absolute Gasteiger partial charge is 0.472 e. The van der Waals surface area contributed by atoms with Crippen molar-refractivity contribution < 1.29 is 37.3 Å². The Morgan fingerprint density at radius 2 is 0.753 bits per heavy atom. The van der Waals surface area contributed by atoms with E-state index in [0.717, 1.165) is 135 Å². The van der Waals surface area contributed by atoms with Crippen LogP contribution in [-0.2, 0) is 27.9 Å². The standard InChI is InChI=1S/C75H129N2O7P/c1-7-10-13-16-19-22-25-28-30-32-34-36-38-40-42-44-46-49-52-55-58-61-64-67-74(78)76-72(71-83-85(80,81)82-70-69-77(4,5)6)73(66-63-60-57-54-51-48-27-24-21-18-15-12-9-3)84-75(79)68-65-62-59-56-53-50-47-45-43-41-39-37-35-33-31-29-26-23-20-17-14-11-8-2/h10,13,19-20,22-23,28-31,34-37,40-43,46,49,63,66,72-73H,7-9,11-12,14-18,21,24-27,32-33,38-39,44-45,47-48,50-62,64-65,67-71H2,1-6H3,(H-,76,78,80,81)/p+1/b13-10-,22-19-,23-20-,30-28-,31-29-,36-34-,37-35-,42-40-,43-41-,49-46-,66-63+. The fourth-order valence-electron chi connectivity index (χ4n) is 9.28. The number of nitrogens with one attached hydrogen (secondary N) is 1. The summed E-state index contributed by atoms with van der Waals surface area (Å²) in [6.45, 7) is 6.84. The van der Waals surface area contributed by atoms with E-state index >= 15 is 0 Å². The van der Waals surface area contributed by atoms with Crippen LogP contribution in [0, 0.1) is 0 Å². The zero-order valence-electron chi connectivity index (χ0n) is 55.6. The second-order valence-corrected chi connectivity index (χ2v) is 25.4. The minimum absolute atomic E-state index is 0.0256. The number of esters is 1. The Morgan fingerprint density at radius 3 is 1.15 bits per heavy atom. The van der Waals surface area contributed by atoms with Crippen LogP contribution < -0.4 is 5.32 Å². The molecule has 0 aliphatic rings. The van der Waals surface area contributed by atoms with Gasteiger partial charge in [-0.05, 0) is 128 Å². The number of ether oxygens (including phenoxy) is 1. The number of hydrogen-bond donors (Lipinski definition) is 2. The number of carbonyl (C=O) groups excluding carboxylic acids is 2. The predicted octanol–water partition coefficient (Wildman–Crippen LogP) is 22.0. The van der Waals surface area contributed by atoms with Gasteiger partial charge in [0.05, 0.1) is 33.8 Å². The van der Waals surface area contributed by atoms with Crippen LogP contribution >= 0.6 is 7.82 Å². The van der Waals surface area contributed by atoms with Crippen LogP contribution in [0.3, 0.4) is 0 Å². The summed E-state index contributed by atoms with van der Waals surface area (Å²) in [6, 6.07) is -0.878. The number of hydrogen-bond acceptors (Lipinski definition) is 6. The molecule has 0 aromatic carbocycles. The molecule has 3 atom stereocenters. The number of carbonyl (C=O) groups is 2. The van der Waals surface area contributed by atoms with E-state index in [0.29, 0.717) is 23.9 Å². The van der Waals surface area contributed by atoms with Gasteiger partial charge in [0, 0.05) is 12.8 Å². The Kier molecular flexibility index (Phi) is 60.3. The molecule has 9 nitrogen and oxygen atoms in total. The molecule has 85 heavy (non-hydrogen) atoms. The first-order valence-corrected chi connectivity index (χ1v) is 36.0. The average molecular weight is 1200 g/mol. The molecule has 0 heterocycles. The Balaban J connectivity index is 5.27. The summed E-state index contributed by atoms with van der Waals surface area (Å²) in [5.41, 5.74) is 0. The van der Waals surface area contributed by atoms with E-state index in [2.05, 4.69) is 148 Å². The topological polar surface area (TPSA) is 111 Å². The first kappa shape index (κ1) is 81.2. The molecule has 0 rings (SSSR count). The monoisotopic (exact) mass is 1200 g/mol. The number of phosphoric acid groups is 1. The molecule has 2 N–H and O–H groups in total. The average Bonchev–Trinajstić information content (AvgIpc) is 3.52. The van der Waals surface area contributed by atoms with Crippen molar-refractivity contribution >= 4 is 19.7 Å². The highest BCUT2D eigenvalue weighted by atomic mass is 31.2. The lowest BCUT2D eigenvalue weighted by Gasteiger charge is -2.27. The molecule has 486 valence electrons. The van der Waals surface area contributed by atoms with Gasteiger partial charge in [-0.3, -0.25) is 18.6 Å². The van der Waals surface area contributed by atoms with E-state index in [1.54, 1.807) is 0 Å². The summed E-state index contributed by atoms with van der Waals surface area (Å²) >= 11 is 0. The minimum atomic E-state index is -4.47. The number of quaternary nitrogens is 1. The van der Waals surface area contributed by atoms with Crippen LogP contribution in [0.2, 0.25) is 0 Å². The second-order valence-electron chi connectivity index (χ2n) is 24.0. The van der Waals surface area contributed by atoms with Crippen molar-refractivity contribution in [3.63, 3.8) is 0 Å². The molecule has 0 bridgehead atoms. The van der Waals surface area contributed by atoms with Crippen molar-refractivity contribution in [1.29, 1.82) is 0 Å². The fraction of sp³-hybridized carbons (Fsp3) is 0.680. The number of nitrogens with zero attached hydrogens (tertiary/aromatic N) is 1. The smallest absolute Gasteiger partial charge is 0.456 e. The van der Waals surface area contributed by atoms with Gasteiger partial charge in [0.25, 0.3) is 0 Å². The Hall–Kier alpha value is -3.85. The van der Waals surface area contributed by atoms with Crippen molar-refractivity contribution in [2.75, 3.05) is 40.9 Å². The van der Waals surface area contributed by atoms with E-state index in [4.69, 9.17) is 13.8 Å². The minimum Gasteiger partial charge on any atom is -0.456 e. The number of phosphoric ester groups is 1. The van der Waals surface area contributed by atoms with Gasteiger partial charge in [-0.25, -0.2) is 4.57 Å². The molecule has 0 aromatic rings. The Bertz CT molecular complexity index is 1920. The van der Waals surface area contributed by atoms with E-state index < -0.39 is 20.0 Å². The highest BCUT2D eigenvalue weighted by molar-refractivity contribution is 7.47. The van der Waals surface area contributed by atoms with Crippen molar-refractivity contribution in [1.82, 2.24) is 5.32 Å². The zero-order chi connectivity index (χ0) is 62.1. The number of unbranched alkanes of at least 4 members (excludes halogenated alkanes) is 25. The van der Waals surface area contributed by atoms with E-state index in [1.165, 1.54) is 103 Å². The van der Waals surface area contributed by atoms with E-state index in [1.807, 2.05) is 33.3 Å². The van der Waals surface area contributed by atoms with Crippen molar-refractivity contribution in [2.45, 2.75) is 290 Å². The van der Waals surface area contributed by atoms with Gasteiger partial charge in [0.2, 0.25) is 5.91 Å². The lowest BCUT2D eigenvalue weighted by atomic mass is 10.0. The van der Waals surface area contributed by atoms with Gasteiger partial charge in [-0.15, -0.1) is 0 Å². The third-order valence-corrected chi connectivity index (χ3v) is 15.6. The first-order chi connectivity index (χ1) is 41.4. The van der Waals surface area contributed by atoms with Gasteiger partial charge in [0.15, 0.2) is 0 Å². The van der Waals surface area contributed by atoms with Gasteiger partial charge < -0.3 is 19.4 Å². The van der Waals surface area contributed by atoms with E-state index in [-0.39, 0.29) is 31.5 Å². The zero-order valence-corrected chi connectivity index (χ0v) is 56.4. The highest BCUT2D eigenvalue weighted by Gasteiger charge is 2.30. The summed E-state index contributed by atoms with van der Waals surface area (Å²) < 4.78 is 30.8. The highest BCUT2D eigenvalue weighted by Crippen LogP contribution is 2.43. The maximum atomic E-state index is 13.6. The Labute approximate surface area is 524 Å². The van der Waals surface area contributed by atoms with Crippen LogP contribution in [0.4, 0.5) is 0 Å². The number of amides is 1. The van der Waals surface area contributed by atoms with Gasteiger partial charge in [-0.2, -0.15) is 0 Å². The molecular weight excluding hydrogens is 1070 g/mol. The summed E-state index contributed by atoms with van der Waals surface area (Å²) in [7, 11) is 1.45. The predicted molar refractivity (Wildman–Crippen MR) is 369 cm³/mol. The quantitative estimate of drug-likeness (QED) is 0.0205. The number of likely N-dealkylation sites (N-methyl/N-ethyl adjacent to an activating group) is 1. The first-order valence-electron chi connectivity index (χ1n) is 34.5. The Morgan fingerprint density at radius 1 is 0.424 bits per heavy atom. The van der Waals surface area contributed by atoms with Crippen LogP contribution in [0.1, 0.15) is 278 Å². The molecule has 0 radical (unpaired) electrons. The van der Waals surface area contributed by atoms with Gasteiger partial charge in [-0.1, -0.05) is 270 Å². The molecular formula is C75H130N2O7P+. The molecule has 10 heteroatoms. The molecule has 0 aromatic heterocycles. The van der Waals surface area contributed by atoms with Gasteiger partial charge >= 0.3 is 13.8 Å². The molecule has 0 fully saturated rings. The molecule has 3 unspecified atom stereocenters. The molecule has 0 aliphatic carbocycles. The molecule has 1 amide bonds. The maximum absolute atomic E-state index is 13.6. The van der Waals surface area contributed by atoms with Crippen LogP contribution in [0.5, 0.6) is 0 Å². The number of rotatable bonds is 61. The van der Waals surface area contributed by atoms with Crippen LogP contribution in [0.25, 0.3) is 0 Å². The summed E-state index contributed by atoms with van der Waals surface area (Å²) in [5.74, 6) is -0.552. The lowest BCUT2D eigenvalue weighted by Crippen LogP contribution is -2.47. The van der Waals surface area contributed by atoms with Crippen molar-refractivity contribution in [3.05, 3.63) is 134 Å². The number of allylic oxidation sites excluding steroid dienone is 21. The molecule has 0 aliphatic heterocycles. The summed E-state index contributed by atoms with van der Waals surface area (Å²) in [4.78, 5) is 37.9. The van der Waals surface area contributed by atoms with Crippen LogP contribution in [-0.4, -0.2) is 74.3 Å². The fourth-order valence-corrected chi connectivity index (χ4v) is 10.0. The van der Waals surface area contributed by atoms with Crippen molar-refractivity contribution in [2.24, 2.45) is 0 Å². The van der Waals surface area contributed by atoms with Crippen LogP contribution in [0.15, 0.2) is 134 Å². The second kappa shape index (κ2) is 63.2. The maximum Gasteiger partial charge on any atom is 0.472 e.